The number of carbonyl (C=O) groups is 3. The molecule has 0 spiro atoms. The molecule has 0 aromatic heterocycles. The first kappa shape index (κ1) is 20.5. The summed E-state index contributed by atoms with van der Waals surface area (Å²) in [6, 6.07) is -2.47. The molecule has 22 heavy (non-hydrogen) atoms. The summed E-state index contributed by atoms with van der Waals surface area (Å²) in [5.74, 6) is -2.63. The van der Waals surface area contributed by atoms with Crippen LogP contribution in [0.15, 0.2) is 0 Å². The highest BCUT2D eigenvalue weighted by Crippen LogP contribution is 2.12. The van der Waals surface area contributed by atoms with E-state index in [1.807, 2.05) is 0 Å². The number of aliphatic hydroxyl groups excluding tert-OH is 1. The SMILES string of the molecule is COC(=O)[C@@H](NC(=O)[C@H](N)C(C)C)[C@H](O)C(=O)CC(C)(C)O. The van der Waals surface area contributed by atoms with E-state index in [1.165, 1.54) is 13.8 Å². The number of aliphatic hydroxyl groups is 2. The van der Waals surface area contributed by atoms with Gasteiger partial charge in [0.05, 0.1) is 18.8 Å². The second kappa shape index (κ2) is 8.21. The van der Waals surface area contributed by atoms with Crippen LogP contribution < -0.4 is 11.1 Å². The molecule has 0 aromatic rings. The average Bonchev–Trinajstić information content (AvgIpc) is 2.39. The summed E-state index contributed by atoms with van der Waals surface area (Å²) in [5, 5.41) is 21.8. The van der Waals surface area contributed by atoms with Crippen molar-refractivity contribution < 1.29 is 29.3 Å². The molecule has 0 bridgehead atoms. The van der Waals surface area contributed by atoms with E-state index in [0.29, 0.717) is 0 Å². The lowest BCUT2D eigenvalue weighted by Gasteiger charge is -2.25. The van der Waals surface area contributed by atoms with Crippen molar-refractivity contribution in [3.8, 4) is 0 Å². The molecule has 0 aromatic carbocycles. The number of ether oxygens (including phenoxy) is 1. The number of Topliss-reactive ketones (excluding diaryl/α,β-unsaturated/α-hetero) is 1. The molecule has 8 nitrogen and oxygen atoms in total. The van der Waals surface area contributed by atoms with Gasteiger partial charge in [-0.2, -0.15) is 0 Å². The number of rotatable bonds is 8. The first-order valence-corrected chi connectivity index (χ1v) is 6.97. The Balaban J connectivity index is 5.10. The fraction of sp³-hybridized carbons (Fsp3) is 0.786. The summed E-state index contributed by atoms with van der Waals surface area (Å²) < 4.78 is 4.49. The molecule has 8 heteroatoms. The summed E-state index contributed by atoms with van der Waals surface area (Å²) in [5.41, 5.74) is 4.31. The molecule has 1 amide bonds. The zero-order valence-electron chi connectivity index (χ0n) is 13.6. The van der Waals surface area contributed by atoms with Crippen molar-refractivity contribution in [3.63, 3.8) is 0 Å². The number of hydrogen-bond donors (Lipinski definition) is 4. The van der Waals surface area contributed by atoms with Crippen LogP contribution in [0.25, 0.3) is 0 Å². The summed E-state index contributed by atoms with van der Waals surface area (Å²) in [6.07, 6.45) is -2.21. The molecule has 0 aliphatic heterocycles. The molecular weight excluding hydrogens is 292 g/mol. The zero-order valence-corrected chi connectivity index (χ0v) is 13.6. The van der Waals surface area contributed by atoms with Gasteiger partial charge in [-0.15, -0.1) is 0 Å². The molecular formula is C14H26N2O6. The molecule has 0 saturated carbocycles. The van der Waals surface area contributed by atoms with E-state index in [1.54, 1.807) is 13.8 Å². The van der Waals surface area contributed by atoms with Crippen LogP contribution >= 0.6 is 0 Å². The monoisotopic (exact) mass is 318 g/mol. The van der Waals surface area contributed by atoms with Crippen LogP contribution in [-0.4, -0.2) is 58.8 Å². The van der Waals surface area contributed by atoms with Crippen LogP contribution in [0.3, 0.4) is 0 Å². The Bertz CT molecular complexity index is 416. The van der Waals surface area contributed by atoms with Gasteiger partial charge < -0.3 is 26.0 Å². The van der Waals surface area contributed by atoms with E-state index in [0.717, 1.165) is 7.11 Å². The van der Waals surface area contributed by atoms with Crippen LogP contribution in [-0.2, 0) is 19.1 Å². The minimum Gasteiger partial charge on any atom is -0.467 e. The van der Waals surface area contributed by atoms with Gasteiger partial charge >= 0.3 is 5.97 Å². The molecule has 0 unspecified atom stereocenters. The van der Waals surface area contributed by atoms with Crippen molar-refractivity contribution >= 4 is 17.7 Å². The smallest absolute Gasteiger partial charge is 0.331 e. The molecule has 0 fully saturated rings. The minimum atomic E-state index is -1.83. The maximum absolute atomic E-state index is 11.9. The van der Waals surface area contributed by atoms with E-state index in [2.05, 4.69) is 10.1 Å². The Hall–Kier alpha value is -1.51. The number of esters is 1. The summed E-state index contributed by atoms with van der Waals surface area (Å²) in [4.78, 5) is 35.5. The molecule has 0 aliphatic carbocycles. The molecule has 0 saturated heterocycles. The Kier molecular flexibility index (Phi) is 7.65. The number of carbonyl (C=O) groups excluding carboxylic acids is 3. The first-order valence-electron chi connectivity index (χ1n) is 6.97. The fourth-order valence-corrected chi connectivity index (χ4v) is 1.66. The summed E-state index contributed by atoms with van der Waals surface area (Å²) in [7, 11) is 1.07. The lowest BCUT2D eigenvalue weighted by Crippen LogP contribution is -2.57. The van der Waals surface area contributed by atoms with Crippen LogP contribution in [0.1, 0.15) is 34.1 Å². The number of nitrogens with one attached hydrogen (secondary N) is 1. The van der Waals surface area contributed by atoms with E-state index in [9.17, 15) is 24.6 Å². The Morgan fingerprint density at radius 1 is 1.27 bits per heavy atom. The van der Waals surface area contributed by atoms with Gasteiger partial charge in [0.25, 0.3) is 0 Å². The van der Waals surface area contributed by atoms with Crippen LogP contribution in [0, 0.1) is 5.92 Å². The molecule has 128 valence electrons. The van der Waals surface area contributed by atoms with Gasteiger partial charge in [-0.1, -0.05) is 13.8 Å². The molecule has 3 atom stereocenters. The number of amides is 1. The Morgan fingerprint density at radius 2 is 1.77 bits per heavy atom. The molecule has 0 radical (unpaired) electrons. The topological polar surface area (TPSA) is 139 Å². The largest absolute Gasteiger partial charge is 0.467 e. The van der Waals surface area contributed by atoms with Gasteiger partial charge in [0, 0.05) is 6.42 Å². The second-order valence-electron chi connectivity index (χ2n) is 6.18. The third-order valence-corrected chi connectivity index (χ3v) is 3.03. The number of hydrogen-bond acceptors (Lipinski definition) is 7. The third-order valence-electron chi connectivity index (χ3n) is 3.03. The van der Waals surface area contributed by atoms with Gasteiger partial charge in [0.15, 0.2) is 11.8 Å². The summed E-state index contributed by atoms with van der Waals surface area (Å²) in [6.45, 7) is 6.20. The van der Waals surface area contributed by atoms with Crippen LogP contribution in [0.2, 0.25) is 0 Å². The van der Waals surface area contributed by atoms with Crippen molar-refractivity contribution in [2.24, 2.45) is 11.7 Å². The summed E-state index contributed by atoms with van der Waals surface area (Å²) >= 11 is 0. The normalized spacial score (nSPS) is 15.9. The Labute approximate surface area is 130 Å². The lowest BCUT2D eigenvalue weighted by atomic mass is 9.95. The van der Waals surface area contributed by atoms with E-state index in [-0.39, 0.29) is 12.3 Å². The van der Waals surface area contributed by atoms with Crippen LogP contribution in [0.4, 0.5) is 0 Å². The van der Waals surface area contributed by atoms with Gasteiger partial charge in [-0.3, -0.25) is 9.59 Å². The van der Waals surface area contributed by atoms with Gasteiger partial charge in [-0.05, 0) is 19.8 Å². The van der Waals surface area contributed by atoms with Crippen molar-refractivity contribution in [2.45, 2.75) is 57.9 Å². The molecule has 0 aliphatic rings. The number of ketones is 1. The van der Waals surface area contributed by atoms with Gasteiger partial charge in [-0.25, -0.2) is 4.79 Å². The molecule has 5 N–H and O–H groups in total. The number of methoxy groups -OCH3 is 1. The second-order valence-corrected chi connectivity index (χ2v) is 6.18. The predicted octanol–water partition coefficient (Wildman–Crippen LogP) is -1.28. The molecule has 0 heterocycles. The number of nitrogens with two attached hydrogens (primary N) is 1. The maximum Gasteiger partial charge on any atom is 0.331 e. The Morgan fingerprint density at radius 3 is 2.14 bits per heavy atom. The predicted molar refractivity (Wildman–Crippen MR) is 78.7 cm³/mol. The highest BCUT2D eigenvalue weighted by Gasteiger charge is 2.37. The van der Waals surface area contributed by atoms with Crippen molar-refractivity contribution in [1.29, 1.82) is 0 Å². The van der Waals surface area contributed by atoms with Crippen molar-refractivity contribution in [1.82, 2.24) is 5.32 Å². The van der Waals surface area contributed by atoms with Crippen molar-refractivity contribution in [3.05, 3.63) is 0 Å². The van der Waals surface area contributed by atoms with Crippen molar-refractivity contribution in [2.75, 3.05) is 7.11 Å². The fourth-order valence-electron chi connectivity index (χ4n) is 1.66. The van der Waals surface area contributed by atoms with E-state index in [4.69, 9.17) is 5.73 Å². The third kappa shape index (κ3) is 6.50. The highest BCUT2D eigenvalue weighted by molar-refractivity contribution is 5.94. The highest BCUT2D eigenvalue weighted by atomic mass is 16.5. The van der Waals surface area contributed by atoms with Gasteiger partial charge in [0.2, 0.25) is 5.91 Å². The average molecular weight is 318 g/mol. The van der Waals surface area contributed by atoms with Gasteiger partial charge in [0.1, 0.15) is 6.10 Å². The zero-order chi connectivity index (χ0) is 17.7. The first-order chi connectivity index (χ1) is 9.90. The van der Waals surface area contributed by atoms with E-state index < -0.39 is 41.4 Å². The molecule has 0 rings (SSSR count). The minimum absolute atomic E-state index is 0.192. The standard InChI is InChI=1S/C14H26N2O6/c1-7(2)9(15)12(19)16-10(13(20)22-5)11(18)8(17)6-14(3,4)21/h7,9-11,18,21H,6,15H2,1-5H3,(H,16,19)/t9-,10+,11-/m1/s1. The quantitative estimate of drug-likeness (QED) is 0.409. The van der Waals surface area contributed by atoms with E-state index >= 15 is 0 Å². The van der Waals surface area contributed by atoms with Crippen LogP contribution in [0.5, 0.6) is 0 Å². The maximum atomic E-state index is 11.9. The lowest BCUT2D eigenvalue weighted by molar-refractivity contribution is -0.152.